The molecule has 0 aliphatic carbocycles. The number of hydrogen-bond acceptors (Lipinski definition) is 4. The van der Waals surface area contributed by atoms with Crippen molar-refractivity contribution >= 4 is 11.9 Å². The van der Waals surface area contributed by atoms with Crippen molar-refractivity contribution in [1.82, 2.24) is 10.6 Å². The molecule has 1 aliphatic rings. The third-order valence-corrected chi connectivity index (χ3v) is 2.48. The van der Waals surface area contributed by atoms with Gasteiger partial charge in [-0.2, -0.15) is 0 Å². The van der Waals surface area contributed by atoms with Crippen molar-refractivity contribution in [2.24, 2.45) is 5.92 Å². The molecule has 0 saturated carbocycles. The Morgan fingerprint density at radius 2 is 2.20 bits per heavy atom. The molecule has 15 heavy (non-hydrogen) atoms. The predicted octanol–water partition coefficient (Wildman–Crippen LogP) is -1.45. The average Bonchev–Trinajstić information content (AvgIpc) is 2.65. The number of amides is 1. The number of carboxylic acid groups (broad SMARTS) is 1. The van der Waals surface area contributed by atoms with Crippen LogP contribution in [0.25, 0.3) is 0 Å². The van der Waals surface area contributed by atoms with Gasteiger partial charge in [0.15, 0.2) is 6.04 Å². The minimum atomic E-state index is -1.22. The lowest BCUT2D eigenvalue weighted by Crippen LogP contribution is -2.49. The Bertz CT molecular complexity index is 248. The lowest BCUT2D eigenvalue weighted by Gasteiger charge is -2.19. The smallest absolute Gasteiger partial charge is 0.328 e. The van der Waals surface area contributed by atoms with Gasteiger partial charge in [0, 0.05) is 6.54 Å². The molecule has 1 fully saturated rings. The largest absolute Gasteiger partial charge is 0.480 e. The molecule has 86 valence electrons. The van der Waals surface area contributed by atoms with Crippen molar-refractivity contribution in [3.8, 4) is 0 Å². The number of carbonyl (C=O) groups excluding carboxylic acids is 1. The van der Waals surface area contributed by atoms with Crippen LogP contribution in [0, 0.1) is 5.92 Å². The number of aliphatic hydroxyl groups is 1. The minimum Gasteiger partial charge on any atom is -0.480 e. The second kappa shape index (κ2) is 5.09. The van der Waals surface area contributed by atoms with Crippen LogP contribution in [0.2, 0.25) is 0 Å². The Kier molecular flexibility index (Phi) is 4.05. The lowest BCUT2D eigenvalue weighted by atomic mass is 10.1. The number of aliphatic carboxylic acids is 1. The molecule has 0 spiro atoms. The molecule has 1 rings (SSSR count). The van der Waals surface area contributed by atoms with Gasteiger partial charge in [0.05, 0.1) is 12.0 Å². The van der Waals surface area contributed by atoms with E-state index in [9.17, 15) is 9.59 Å². The average molecular weight is 216 g/mol. The summed E-state index contributed by atoms with van der Waals surface area (Å²) < 4.78 is 0. The summed E-state index contributed by atoms with van der Waals surface area (Å²) in [6.45, 7) is 2.68. The highest BCUT2D eigenvalue weighted by Crippen LogP contribution is 2.08. The van der Waals surface area contributed by atoms with Crippen molar-refractivity contribution in [3.05, 3.63) is 0 Å². The first kappa shape index (κ1) is 11.9. The first-order valence-electron chi connectivity index (χ1n) is 4.94. The van der Waals surface area contributed by atoms with E-state index in [-0.39, 0.29) is 11.8 Å². The quantitative estimate of drug-likeness (QED) is 0.460. The zero-order chi connectivity index (χ0) is 11.4. The van der Waals surface area contributed by atoms with E-state index in [2.05, 4.69) is 10.6 Å². The van der Waals surface area contributed by atoms with E-state index in [0.29, 0.717) is 13.0 Å². The van der Waals surface area contributed by atoms with Crippen LogP contribution in [0.4, 0.5) is 0 Å². The molecule has 6 heteroatoms. The fraction of sp³-hybridized carbons (Fsp3) is 0.778. The predicted molar refractivity (Wildman–Crippen MR) is 52.2 cm³/mol. The molecule has 0 radical (unpaired) electrons. The maximum Gasteiger partial charge on any atom is 0.328 e. The standard InChI is InChI=1S/C9H16N2O4/c1-5(12)7(9(14)15)11-8(13)6-2-3-10-4-6/h5-7,10,12H,2-4H2,1H3,(H,11,13)(H,14,15). The zero-order valence-electron chi connectivity index (χ0n) is 8.56. The summed E-state index contributed by atoms with van der Waals surface area (Å²) in [6.07, 6.45) is -0.390. The molecule has 0 bridgehead atoms. The first-order chi connectivity index (χ1) is 7.02. The van der Waals surface area contributed by atoms with Crippen molar-refractivity contribution in [2.45, 2.75) is 25.5 Å². The van der Waals surface area contributed by atoms with Gasteiger partial charge in [-0.05, 0) is 19.9 Å². The zero-order valence-corrected chi connectivity index (χ0v) is 8.56. The number of aliphatic hydroxyl groups excluding tert-OH is 1. The summed E-state index contributed by atoms with van der Waals surface area (Å²) in [5.74, 6) is -1.72. The van der Waals surface area contributed by atoms with Crippen LogP contribution in [0.3, 0.4) is 0 Å². The Morgan fingerprint density at radius 3 is 2.60 bits per heavy atom. The van der Waals surface area contributed by atoms with Gasteiger partial charge in [-0.1, -0.05) is 0 Å². The normalized spacial score (nSPS) is 24.5. The Labute approximate surface area is 87.7 Å². The number of nitrogens with one attached hydrogen (secondary N) is 2. The molecule has 1 saturated heterocycles. The third-order valence-electron chi connectivity index (χ3n) is 2.48. The van der Waals surface area contributed by atoms with E-state index in [4.69, 9.17) is 10.2 Å². The summed E-state index contributed by atoms with van der Waals surface area (Å²) in [6, 6.07) is -1.22. The van der Waals surface area contributed by atoms with Crippen molar-refractivity contribution < 1.29 is 19.8 Å². The van der Waals surface area contributed by atoms with E-state index in [1.807, 2.05) is 0 Å². The summed E-state index contributed by atoms with van der Waals surface area (Å²) in [5, 5.41) is 23.3. The van der Waals surface area contributed by atoms with E-state index in [0.717, 1.165) is 6.54 Å². The van der Waals surface area contributed by atoms with Crippen LogP contribution in [-0.2, 0) is 9.59 Å². The molecule has 0 aromatic heterocycles. The van der Waals surface area contributed by atoms with E-state index in [1.54, 1.807) is 0 Å². The highest BCUT2D eigenvalue weighted by Gasteiger charge is 2.29. The molecular formula is C9H16N2O4. The highest BCUT2D eigenvalue weighted by atomic mass is 16.4. The van der Waals surface area contributed by atoms with Gasteiger partial charge in [-0.25, -0.2) is 4.79 Å². The second-order valence-electron chi connectivity index (χ2n) is 3.75. The molecule has 3 unspecified atom stereocenters. The van der Waals surface area contributed by atoms with Gasteiger partial charge < -0.3 is 20.8 Å². The second-order valence-corrected chi connectivity index (χ2v) is 3.75. The van der Waals surface area contributed by atoms with Crippen molar-refractivity contribution in [3.63, 3.8) is 0 Å². The van der Waals surface area contributed by atoms with Gasteiger partial charge in [0.2, 0.25) is 5.91 Å². The van der Waals surface area contributed by atoms with Crippen LogP contribution in [-0.4, -0.2) is 47.3 Å². The number of hydrogen-bond donors (Lipinski definition) is 4. The monoisotopic (exact) mass is 216 g/mol. The Balaban J connectivity index is 2.50. The topological polar surface area (TPSA) is 98.7 Å². The number of carboxylic acids is 1. The molecule has 4 N–H and O–H groups in total. The third kappa shape index (κ3) is 3.17. The summed E-state index contributed by atoms with van der Waals surface area (Å²) in [4.78, 5) is 22.2. The minimum absolute atomic E-state index is 0.189. The molecule has 0 aromatic rings. The van der Waals surface area contributed by atoms with Crippen molar-refractivity contribution in [1.29, 1.82) is 0 Å². The molecule has 6 nitrogen and oxygen atoms in total. The van der Waals surface area contributed by atoms with Gasteiger partial charge >= 0.3 is 5.97 Å². The van der Waals surface area contributed by atoms with Gasteiger partial charge in [-0.3, -0.25) is 4.79 Å². The van der Waals surface area contributed by atoms with Gasteiger partial charge in [0.25, 0.3) is 0 Å². The molecule has 1 aliphatic heterocycles. The number of carbonyl (C=O) groups is 2. The SMILES string of the molecule is CC(O)C(NC(=O)C1CCNC1)C(=O)O. The van der Waals surface area contributed by atoms with E-state index in [1.165, 1.54) is 6.92 Å². The fourth-order valence-electron chi connectivity index (χ4n) is 1.54. The summed E-state index contributed by atoms with van der Waals surface area (Å²) in [5.41, 5.74) is 0. The Morgan fingerprint density at radius 1 is 1.53 bits per heavy atom. The maximum atomic E-state index is 11.5. The first-order valence-corrected chi connectivity index (χ1v) is 4.94. The van der Waals surface area contributed by atoms with Crippen LogP contribution in [0.1, 0.15) is 13.3 Å². The van der Waals surface area contributed by atoms with Gasteiger partial charge in [0.1, 0.15) is 0 Å². The number of rotatable bonds is 4. The molecular weight excluding hydrogens is 200 g/mol. The van der Waals surface area contributed by atoms with Crippen LogP contribution in [0.15, 0.2) is 0 Å². The lowest BCUT2D eigenvalue weighted by molar-refractivity contribution is -0.145. The van der Waals surface area contributed by atoms with Crippen LogP contribution >= 0.6 is 0 Å². The maximum absolute atomic E-state index is 11.5. The molecule has 1 amide bonds. The van der Waals surface area contributed by atoms with E-state index < -0.39 is 18.1 Å². The van der Waals surface area contributed by atoms with Crippen molar-refractivity contribution in [2.75, 3.05) is 13.1 Å². The fourth-order valence-corrected chi connectivity index (χ4v) is 1.54. The molecule has 1 heterocycles. The highest BCUT2D eigenvalue weighted by molar-refractivity contribution is 5.85. The Hall–Kier alpha value is -1.14. The van der Waals surface area contributed by atoms with Crippen LogP contribution in [0.5, 0.6) is 0 Å². The summed E-state index contributed by atoms with van der Waals surface area (Å²) >= 11 is 0. The van der Waals surface area contributed by atoms with Crippen LogP contribution < -0.4 is 10.6 Å². The molecule has 3 atom stereocenters. The van der Waals surface area contributed by atoms with E-state index >= 15 is 0 Å². The molecule has 0 aromatic carbocycles. The summed E-state index contributed by atoms with van der Waals surface area (Å²) in [7, 11) is 0. The van der Waals surface area contributed by atoms with Gasteiger partial charge in [-0.15, -0.1) is 0 Å².